The molecule has 150 valence electrons. The summed E-state index contributed by atoms with van der Waals surface area (Å²) in [6.45, 7) is 2.48. The molecule has 0 bridgehead atoms. The standard InChI is InChI=1S/C21H24O7/c1-6-28-14-10-7-13(8-11-14)9-12-15(22)16-17(23)19(25-3)21(27-5)20(26-4)18(16)24-2/h7-12,23H,6H2,1-5H3/b12-9+. The lowest BCUT2D eigenvalue weighted by atomic mass is 10.0. The van der Waals surface area contributed by atoms with E-state index in [-0.39, 0.29) is 28.6 Å². The first kappa shape index (κ1) is 21.0. The molecule has 0 radical (unpaired) electrons. The molecule has 0 unspecified atom stereocenters. The highest BCUT2D eigenvalue weighted by atomic mass is 16.5. The van der Waals surface area contributed by atoms with Gasteiger partial charge in [-0.2, -0.15) is 0 Å². The van der Waals surface area contributed by atoms with Gasteiger partial charge in [0.2, 0.25) is 17.2 Å². The zero-order valence-corrected chi connectivity index (χ0v) is 16.6. The molecule has 0 aliphatic heterocycles. The molecule has 1 N–H and O–H groups in total. The van der Waals surface area contributed by atoms with E-state index in [9.17, 15) is 9.90 Å². The van der Waals surface area contributed by atoms with Crippen molar-refractivity contribution in [2.24, 2.45) is 0 Å². The van der Waals surface area contributed by atoms with Gasteiger partial charge in [-0.25, -0.2) is 0 Å². The van der Waals surface area contributed by atoms with Crippen LogP contribution in [0.25, 0.3) is 6.08 Å². The Kier molecular flexibility index (Phi) is 7.14. The molecule has 0 aromatic heterocycles. The van der Waals surface area contributed by atoms with Crippen LogP contribution in [0.4, 0.5) is 0 Å². The highest BCUT2D eigenvalue weighted by Gasteiger charge is 2.30. The number of ketones is 1. The second-order valence-corrected chi connectivity index (χ2v) is 5.56. The number of rotatable bonds is 9. The first-order valence-electron chi connectivity index (χ1n) is 8.56. The van der Waals surface area contributed by atoms with Crippen LogP contribution in [-0.4, -0.2) is 45.9 Å². The minimum Gasteiger partial charge on any atom is -0.504 e. The highest BCUT2D eigenvalue weighted by Crippen LogP contribution is 2.53. The van der Waals surface area contributed by atoms with E-state index in [1.807, 2.05) is 31.2 Å². The van der Waals surface area contributed by atoms with Crippen LogP contribution >= 0.6 is 0 Å². The summed E-state index contributed by atoms with van der Waals surface area (Å²) in [4.78, 5) is 12.8. The number of ether oxygens (including phenoxy) is 5. The van der Waals surface area contributed by atoms with Crippen molar-refractivity contribution < 1.29 is 33.6 Å². The number of aromatic hydroxyl groups is 1. The first-order valence-corrected chi connectivity index (χ1v) is 8.56. The number of carbonyl (C=O) groups is 1. The van der Waals surface area contributed by atoms with E-state index in [4.69, 9.17) is 23.7 Å². The summed E-state index contributed by atoms with van der Waals surface area (Å²) in [5.41, 5.74) is 0.710. The monoisotopic (exact) mass is 388 g/mol. The fourth-order valence-electron chi connectivity index (χ4n) is 2.73. The zero-order valence-electron chi connectivity index (χ0n) is 16.6. The van der Waals surface area contributed by atoms with Crippen LogP contribution in [0.5, 0.6) is 34.5 Å². The normalized spacial score (nSPS) is 10.6. The Balaban J connectivity index is 2.46. The number of hydrogen-bond acceptors (Lipinski definition) is 7. The van der Waals surface area contributed by atoms with Crippen LogP contribution in [0, 0.1) is 0 Å². The summed E-state index contributed by atoms with van der Waals surface area (Å²) < 4.78 is 26.5. The largest absolute Gasteiger partial charge is 0.504 e. The smallest absolute Gasteiger partial charge is 0.211 e. The van der Waals surface area contributed by atoms with Crippen molar-refractivity contribution in [1.82, 2.24) is 0 Å². The van der Waals surface area contributed by atoms with Crippen molar-refractivity contribution in [3.05, 3.63) is 41.5 Å². The molecule has 28 heavy (non-hydrogen) atoms. The van der Waals surface area contributed by atoms with Crippen molar-refractivity contribution in [2.45, 2.75) is 6.92 Å². The Morgan fingerprint density at radius 3 is 1.93 bits per heavy atom. The molecule has 0 aliphatic carbocycles. The molecule has 2 aromatic rings. The minimum absolute atomic E-state index is 0.0158. The van der Waals surface area contributed by atoms with Gasteiger partial charge in [-0.1, -0.05) is 18.2 Å². The average molecular weight is 388 g/mol. The van der Waals surface area contributed by atoms with Gasteiger partial charge >= 0.3 is 0 Å². The third-order valence-corrected chi connectivity index (χ3v) is 3.98. The van der Waals surface area contributed by atoms with Gasteiger partial charge in [-0.15, -0.1) is 0 Å². The summed E-state index contributed by atoms with van der Waals surface area (Å²) >= 11 is 0. The van der Waals surface area contributed by atoms with E-state index >= 15 is 0 Å². The van der Waals surface area contributed by atoms with Crippen LogP contribution in [0.2, 0.25) is 0 Å². The number of benzene rings is 2. The number of allylic oxidation sites excluding steroid dienone is 1. The molecule has 0 fully saturated rings. The molecule has 7 nitrogen and oxygen atoms in total. The Bertz CT molecular complexity index is 854. The molecule has 2 rings (SSSR count). The van der Waals surface area contributed by atoms with Gasteiger partial charge in [0.15, 0.2) is 17.3 Å². The maximum atomic E-state index is 12.8. The topological polar surface area (TPSA) is 83.5 Å². The Labute approximate surface area is 164 Å². The van der Waals surface area contributed by atoms with Crippen molar-refractivity contribution in [3.8, 4) is 34.5 Å². The fraction of sp³-hybridized carbons (Fsp3) is 0.286. The van der Waals surface area contributed by atoms with Crippen LogP contribution in [0.3, 0.4) is 0 Å². The molecule has 0 spiro atoms. The lowest BCUT2D eigenvalue weighted by Gasteiger charge is -2.19. The molecule has 0 aliphatic rings. The van der Waals surface area contributed by atoms with Gasteiger partial charge in [-0.05, 0) is 30.7 Å². The van der Waals surface area contributed by atoms with Crippen molar-refractivity contribution >= 4 is 11.9 Å². The average Bonchev–Trinajstić information content (AvgIpc) is 2.71. The lowest BCUT2D eigenvalue weighted by molar-refractivity contribution is 0.104. The minimum atomic E-state index is -0.484. The molecule has 7 heteroatoms. The molecule has 0 saturated carbocycles. The molecular weight excluding hydrogens is 364 g/mol. The quantitative estimate of drug-likeness (QED) is 0.518. The van der Waals surface area contributed by atoms with Crippen LogP contribution in [0.1, 0.15) is 22.8 Å². The predicted octanol–water partition coefficient (Wildman–Crippen LogP) is 3.72. The van der Waals surface area contributed by atoms with Crippen LogP contribution in [-0.2, 0) is 0 Å². The van der Waals surface area contributed by atoms with Crippen LogP contribution in [0.15, 0.2) is 30.3 Å². The number of phenols is 1. The SMILES string of the molecule is CCOc1ccc(/C=C/C(=O)c2c(O)c(OC)c(OC)c(OC)c2OC)cc1. The number of methoxy groups -OCH3 is 4. The number of carbonyl (C=O) groups excluding carboxylic acids is 1. The third-order valence-electron chi connectivity index (χ3n) is 3.98. The van der Waals surface area contributed by atoms with Gasteiger partial charge in [0.25, 0.3) is 0 Å². The van der Waals surface area contributed by atoms with E-state index in [2.05, 4.69) is 0 Å². The van der Waals surface area contributed by atoms with E-state index in [0.717, 1.165) is 11.3 Å². The van der Waals surface area contributed by atoms with Gasteiger partial charge in [0, 0.05) is 0 Å². The van der Waals surface area contributed by atoms with Crippen molar-refractivity contribution in [1.29, 1.82) is 0 Å². The van der Waals surface area contributed by atoms with Gasteiger partial charge in [0.1, 0.15) is 11.3 Å². The van der Waals surface area contributed by atoms with Crippen LogP contribution < -0.4 is 23.7 Å². The predicted molar refractivity (Wildman–Crippen MR) is 105 cm³/mol. The summed E-state index contributed by atoms with van der Waals surface area (Å²) in [5.74, 6) is 0.191. The van der Waals surface area contributed by atoms with E-state index in [1.54, 1.807) is 6.08 Å². The second kappa shape index (κ2) is 9.55. The number of hydrogen-bond donors (Lipinski definition) is 1. The van der Waals surface area contributed by atoms with Gasteiger partial charge in [-0.3, -0.25) is 4.79 Å². The molecular formula is C21H24O7. The maximum Gasteiger partial charge on any atom is 0.211 e. The van der Waals surface area contributed by atoms with E-state index < -0.39 is 11.5 Å². The Morgan fingerprint density at radius 2 is 1.43 bits per heavy atom. The molecule has 0 atom stereocenters. The van der Waals surface area contributed by atoms with Crippen molar-refractivity contribution in [2.75, 3.05) is 35.0 Å². The highest BCUT2D eigenvalue weighted by molar-refractivity contribution is 6.12. The zero-order chi connectivity index (χ0) is 20.7. The van der Waals surface area contributed by atoms with E-state index in [0.29, 0.717) is 6.61 Å². The maximum absolute atomic E-state index is 12.8. The fourth-order valence-corrected chi connectivity index (χ4v) is 2.73. The lowest BCUT2D eigenvalue weighted by Crippen LogP contribution is -2.05. The Hall–Kier alpha value is -3.35. The molecule has 0 saturated heterocycles. The third kappa shape index (κ3) is 4.14. The summed E-state index contributed by atoms with van der Waals surface area (Å²) in [6, 6.07) is 7.26. The van der Waals surface area contributed by atoms with E-state index in [1.165, 1.54) is 34.5 Å². The van der Waals surface area contributed by atoms with Gasteiger partial charge < -0.3 is 28.8 Å². The first-order chi connectivity index (χ1) is 13.5. The van der Waals surface area contributed by atoms with Crippen molar-refractivity contribution in [3.63, 3.8) is 0 Å². The Morgan fingerprint density at radius 1 is 0.893 bits per heavy atom. The molecule has 0 amide bonds. The number of phenolic OH excluding ortho intramolecular Hbond substituents is 1. The summed E-state index contributed by atoms with van der Waals surface area (Å²) in [6.07, 6.45) is 2.96. The molecule has 0 heterocycles. The summed E-state index contributed by atoms with van der Waals surface area (Å²) in [7, 11) is 5.52. The van der Waals surface area contributed by atoms with Gasteiger partial charge in [0.05, 0.1) is 35.0 Å². The molecule has 2 aromatic carbocycles. The second-order valence-electron chi connectivity index (χ2n) is 5.56. The summed E-state index contributed by atoms with van der Waals surface area (Å²) in [5, 5.41) is 10.6.